The van der Waals surface area contributed by atoms with Gasteiger partial charge in [0.25, 0.3) is 0 Å². The Balaban J connectivity index is 1.67. The Morgan fingerprint density at radius 3 is 2.82 bits per heavy atom. The molecule has 1 amide bonds. The third kappa shape index (κ3) is 3.62. The van der Waals surface area contributed by atoms with Crippen molar-refractivity contribution >= 4 is 34.4 Å². The van der Waals surface area contributed by atoms with Crippen LogP contribution in [0.15, 0.2) is 36.5 Å². The monoisotopic (exact) mass is 399 g/mol. The molecule has 3 aromatic rings. The van der Waals surface area contributed by atoms with E-state index < -0.39 is 0 Å². The Morgan fingerprint density at radius 2 is 2.11 bits per heavy atom. The molecule has 1 aliphatic rings. The van der Waals surface area contributed by atoms with Crippen molar-refractivity contribution in [2.24, 2.45) is 0 Å². The third-order valence-corrected chi connectivity index (χ3v) is 5.27. The molecule has 0 saturated carbocycles. The van der Waals surface area contributed by atoms with E-state index in [1.54, 1.807) is 26.3 Å². The van der Waals surface area contributed by atoms with Crippen molar-refractivity contribution in [2.45, 2.75) is 25.9 Å². The number of hydrogen-bond acceptors (Lipinski definition) is 5. The fourth-order valence-corrected chi connectivity index (χ4v) is 3.86. The number of carbonyl (C=O) groups is 1. The molecular formula is C20H22ClN5O2. The van der Waals surface area contributed by atoms with Gasteiger partial charge in [0, 0.05) is 32.3 Å². The minimum Gasteiger partial charge on any atom is -0.497 e. The quantitative estimate of drug-likeness (QED) is 0.714. The molecule has 1 atom stereocenters. The predicted molar refractivity (Wildman–Crippen MR) is 109 cm³/mol. The van der Waals surface area contributed by atoms with Crippen molar-refractivity contribution in [1.29, 1.82) is 0 Å². The van der Waals surface area contributed by atoms with Crippen molar-refractivity contribution < 1.29 is 9.53 Å². The number of methoxy groups -OCH3 is 1. The molecule has 0 radical (unpaired) electrons. The first kappa shape index (κ1) is 18.6. The molecule has 0 bridgehead atoms. The number of nitrogens with one attached hydrogen (secondary N) is 1. The summed E-state index contributed by atoms with van der Waals surface area (Å²) < 4.78 is 7.10. The number of carbonyl (C=O) groups excluding carboxylic acids is 1. The number of rotatable bonds is 5. The standard InChI is InChI=1S/C20H22ClN5O2/c1-13(27)23-15-8-10-25(12-15)20-18-17(21)7-9-22-19(18)26(24-20)11-14-3-5-16(28-2)6-4-14/h3-7,9,15H,8,10-12H2,1-2H3,(H,23,27)/t15-/m1/s1. The molecule has 0 spiro atoms. The van der Waals surface area contributed by atoms with Crippen molar-refractivity contribution in [2.75, 3.05) is 25.1 Å². The van der Waals surface area contributed by atoms with Crippen LogP contribution in [0.4, 0.5) is 5.82 Å². The maximum Gasteiger partial charge on any atom is 0.217 e. The lowest BCUT2D eigenvalue weighted by Gasteiger charge is -2.16. The second kappa shape index (κ2) is 7.67. The zero-order chi connectivity index (χ0) is 19.7. The molecule has 3 heterocycles. The van der Waals surface area contributed by atoms with Gasteiger partial charge >= 0.3 is 0 Å². The molecule has 8 heteroatoms. The minimum atomic E-state index is -0.0126. The van der Waals surface area contributed by atoms with E-state index in [0.717, 1.165) is 41.1 Å². The summed E-state index contributed by atoms with van der Waals surface area (Å²) in [5.74, 6) is 1.62. The van der Waals surface area contributed by atoms with Crippen molar-refractivity contribution in [3.8, 4) is 5.75 Å². The number of hydrogen-bond donors (Lipinski definition) is 1. The van der Waals surface area contributed by atoms with E-state index in [1.165, 1.54) is 0 Å². The summed E-state index contributed by atoms with van der Waals surface area (Å²) in [6.07, 6.45) is 2.58. The van der Waals surface area contributed by atoms with Crippen LogP contribution in [0.3, 0.4) is 0 Å². The van der Waals surface area contributed by atoms with Crippen LogP contribution in [0.25, 0.3) is 11.0 Å². The number of benzene rings is 1. The molecule has 1 fully saturated rings. The minimum absolute atomic E-state index is 0.0126. The van der Waals surface area contributed by atoms with Crippen LogP contribution >= 0.6 is 11.6 Å². The molecule has 28 heavy (non-hydrogen) atoms. The first-order valence-corrected chi connectivity index (χ1v) is 9.59. The van der Waals surface area contributed by atoms with Gasteiger partial charge in [0.15, 0.2) is 11.5 Å². The van der Waals surface area contributed by atoms with E-state index in [9.17, 15) is 4.79 Å². The summed E-state index contributed by atoms with van der Waals surface area (Å²) in [4.78, 5) is 18.1. The van der Waals surface area contributed by atoms with E-state index >= 15 is 0 Å². The number of amides is 1. The zero-order valence-corrected chi connectivity index (χ0v) is 16.6. The van der Waals surface area contributed by atoms with Crippen LogP contribution in [-0.4, -0.2) is 46.9 Å². The Bertz CT molecular complexity index is 1000. The van der Waals surface area contributed by atoms with Gasteiger partial charge < -0.3 is 15.0 Å². The van der Waals surface area contributed by atoms with E-state index in [-0.39, 0.29) is 11.9 Å². The summed E-state index contributed by atoms with van der Waals surface area (Å²) in [6.45, 7) is 3.64. The molecule has 1 aliphatic heterocycles. The van der Waals surface area contributed by atoms with Crippen LogP contribution in [0.5, 0.6) is 5.75 Å². The van der Waals surface area contributed by atoms with Gasteiger partial charge in [-0.2, -0.15) is 5.10 Å². The predicted octanol–water partition coefficient (Wildman–Crippen LogP) is 2.86. The van der Waals surface area contributed by atoms with Crippen LogP contribution in [-0.2, 0) is 11.3 Å². The molecule has 146 valence electrons. The number of fused-ring (bicyclic) bond motifs is 1. The summed E-state index contributed by atoms with van der Waals surface area (Å²) in [5, 5.41) is 9.30. The summed E-state index contributed by atoms with van der Waals surface area (Å²) in [6, 6.07) is 9.80. The molecule has 1 saturated heterocycles. The topological polar surface area (TPSA) is 72.3 Å². The summed E-state index contributed by atoms with van der Waals surface area (Å²) in [5.41, 5.74) is 1.84. The SMILES string of the molecule is COc1ccc(Cn2nc(N3CC[C@@H](NC(C)=O)C3)c3c(Cl)ccnc32)cc1. The van der Waals surface area contributed by atoms with Gasteiger partial charge in [0.1, 0.15) is 5.75 Å². The van der Waals surface area contributed by atoms with Crippen LogP contribution in [0.2, 0.25) is 5.02 Å². The zero-order valence-electron chi connectivity index (χ0n) is 15.9. The van der Waals surface area contributed by atoms with Gasteiger partial charge in [-0.25, -0.2) is 9.67 Å². The third-order valence-electron chi connectivity index (χ3n) is 4.95. The fourth-order valence-electron chi connectivity index (χ4n) is 3.64. The lowest BCUT2D eigenvalue weighted by Crippen LogP contribution is -2.35. The number of halogens is 1. The first-order valence-electron chi connectivity index (χ1n) is 9.21. The highest BCUT2D eigenvalue weighted by atomic mass is 35.5. The average molecular weight is 400 g/mol. The molecule has 1 N–H and O–H groups in total. The Kier molecular flexibility index (Phi) is 5.09. The maximum absolute atomic E-state index is 11.4. The summed E-state index contributed by atoms with van der Waals surface area (Å²) >= 11 is 6.51. The highest BCUT2D eigenvalue weighted by Crippen LogP contribution is 2.33. The lowest BCUT2D eigenvalue weighted by molar-refractivity contribution is -0.119. The smallest absolute Gasteiger partial charge is 0.217 e. The second-order valence-electron chi connectivity index (χ2n) is 6.95. The van der Waals surface area contributed by atoms with Gasteiger partial charge in [-0.15, -0.1) is 0 Å². The molecule has 7 nitrogen and oxygen atoms in total. The van der Waals surface area contributed by atoms with Gasteiger partial charge in [-0.1, -0.05) is 23.7 Å². The first-order chi connectivity index (χ1) is 13.5. The largest absolute Gasteiger partial charge is 0.497 e. The van der Waals surface area contributed by atoms with E-state index in [1.807, 2.05) is 28.9 Å². The molecule has 2 aromatic heterocycles. The van der Waals surface area contributed by atoms with Crippen molar-refractivity contribution in [3.05, 3.63) is 47.1 Å². The molecular weight excluding hydrogens is 378 g/mol. The van der Waals surface area contributed by atoms with Crippen LogP contribution in [0.1, 0.15) is 18.9 Å². The van der Waals surface area contributed by atoms with Gasteiger partial charge in [-0.3, -0.25) is 4.79 Å². The summed E-state index contributed by atoms with van der Waals surface area (Å²) in [7, 11) is 1.65. The average Bonchev–Trinajstić information content (AvgIpc) is 3.27. The molecule has 0 unspecified atom stereocenters. The van der Waals surface area contributed by atoms with Gasteiger partial charge in [0.05, 0.1) is 24.1 Å². The van der Waals surface area contributed by atoms with Gasteiger partial charge in [0.2, 0.25) is 5.91 Å². The number of anilines is 1. The number of nitrogens with zero attached hydrogens (tertiary/aromatic N) is 4. The van der Waals surface area contributed by atoms with E-state index in [2.05, 4.69) is 15.2 Å². The molecule has 0 aliphatic carbocycles. The van der Waals surface area contributed by atoms with E-state index in [0.29, 0.717) is 18.1 Å². The van der Waals surface area contributed by atoms with E-state index in [4.69, 9.17) is 21.4 Å². The van der Waals surface area contributed by atoms with Crippen molar-refractivity contribution in [3.63, 3.8) is 0 Å². The molecule has 4 rings (SSSR count). The number of pyridine rings is 1. The fraction of sp³-hybridized carbons (Fsp3) is 0.350. The Hall–Kier alpha value is -2.80. The normalized spacial score (nSPS) is 16.5. The van der Waals surface area contributed by atoms with Crippen LogP contribution < -0.4 is 15.0 Å². The van der Waals surface area contributed by atoms with Crippen LogP contribution in [0, 0.1) is 0 Å². The highest BCUT2D eigenvalue weighted by molar-refractivity contribution is 6.36. The van der Waals surface area contributed by atoms with Gasteiger partial charge in [-0.05, 0) is 30.2 Å². The highest BCUT2D eigenvalue weighted by Gasteiger charge is 2.28. The second-order valence-corrected chi connectivity index (χ2v) is 7.36. The maximum atomic E-state index is 11.4. The lowest BCUT2D eigenvalue weighted by atomic mass is 10.2. The Morgan fingerprint density at radius 1 is 1.32 bits per heavy atom. The number of aromatic nitrogens is 3. The Labute approximate surface area is 168 Å². The molecule has 1 aromatic carbocycles. The number of ether oxygens (including phenoxy) is 1. The van der Waals surface area contributed by atoms with Crippen molar-refractivity contribution in [1.82, 2.24) is 20.1 Å².